The highest BCUT2D eigenvalue weighted by atomic mass is 19.1. The standard InChI is InChI=1S/C23H23FN4O2/c1-3-13-27(14-4-2)22(29)16-28-20-8-6-5-7-19(20)26-21(28)15-25-23(30)17-9-11-18(24)12-10-17/h3-12H,1-2,13-16H2,(H,25,30). The molecule has 1 N–H and O–H groups in total. The van der Waals surface area contributed by atoms with E-state index in [0.717, 1.165) is 11.0 Å². The van der Waals surface area contributed by atoms with Crippen molar-refractivity contribution >= 4 is 22.8 Å². The van der Waals surface area contributed by atoms with Gasteiger partial charge in [-0.2, -0.15) is 0 Å². The van der Waals surface area contributed by atoms with E-state index in [1.54, 1.807) is 21.6 Å². The Morgan fingerprint density at radius 3 is 2.40 bits per heavy atom. The monoisotopic (exact) mass is 406 g/mol. The van der Waals surface area contributed by atoms with E-state index in [9.17, 15) is 14.0 Å². The second kappa shape index (κ2) is 9.65. The highest BCUT2D eigenvalue weighted by Gasteiger charge is 2.18. The molecule has 1 heterocycles. The van der Waals surface area contributed by atoms with E-state index >= 15 is 0 Å². The van der Waals surface area contributed by atoms with Gasteiger partial charge in [0.2, 0.25) is 5.91 Å². The molecule has 0 fully saturated rings. The summed E-state index contributed by atoms with van der Waals surface area (Å²) in [6.07, 6.45) is 3.33. The molecule has 3 aromatic rings. The number of aromatic nitrogens is 2. The molecule has 6 nitrogen and oxygen atoms in total. The SMILES string of the molecule is C=CCN(CC=C)C(=O)Cn1c(CNC(=O)c2ccc(F)cc2)nc2ccccc21. The van der Waals surface area contributed by atoms with E-state index in [1.807, 2.05) is 24.3 Å². The van der Waals surface area contributed by atoms with Crippen LogP contribution in [0.5, 0.6) is 0 Å². The molecule has 0 aliphatic heterocycles. The Labute approximate surface area is 174 Å². The zero-order valence-electron chi connectivity index (χ0n) is 16.6. The number of carbonyl (C=O) groups is 2. The first kappa shape index (κ1) is 21.0. The summed E-state index contributed by atoms with van der Waals surface area (Å²) in [5.41, 5.74) is 1.88. The number of fused-ring (bicyclic) bond motifs is 1. The molecule has 30 heavy (non-hydrogen) atoms. The van der Waals surface area contributed by atoms with E-state index in [4.69, 9.17) is 0 Å². The number of hydrogen-bond acceptors (Lipinski definition) is 3. The van der Waals surface area contributed by atoms with Gasteiger partial charge in [-0.05, 0) is 36.4 Å². The van der Waals surface area contributed by atoms with Crippen molar-refractivity contribution in [1.29, 1.82) is 0 Å². The quantitative estimate of drug-likeness (QED) is 0.555. The van der Waals surface area contributed by atoms with E-state index in [-0.39, 0.29) is 24.9 Å². The predicted molar refractivity (Wildman–Crippen MR) is 114 cm³/mol. The third-order valence-corrected chi connectivity index (χ3v) is 4.59. The number of rotatable bonds is 9. The van der Waals surface area contributed by atoms with Crippen molar-refractivity contribution in [1.82, 2.24) is 19.8 Å². The number of halogens is 1. The number of benzene rings is 2. The van der Waals surface area contributed by atoms with Gasteiger partial charge in [0, 0.05) is 18.7 Å². The van der Waals surface area contributed by atoms with Crippen LogP contribution in [0.3, 0.4) is 0 Å². The highest BCUT2D eigenvalue weighted by Crippen LogP contribution is 2.17. The van der Waals surface area contributed by atoms with Crippen molar-refractivity contribution in [2.24, 2.45) is 0 Å². The van der Waals surface area contributed by atoms with Crippen molar-refractivity contribution in [3.63, 3.8) is 0 Å². The normalized spacial score (nSPS) is 10.6. The smallest absolute Gasteiger partial charge is 0.251 e. The van der Waals surface area contributed by atoms with Crippen molar-refractivity contribution in [2.75, 3.05) is 13.1 Å². The molecular formula is C23H23FN4O2. The molecule has 0 aliphatic rings. The Balaban J connectivity index is 1.83. The molecule has 1 aromatic heterocycles. The van der Waals surface area contributed by atoms with Crippen LogP contribution >= 0.6 is 0 Å². The van der Waals surface area contributed by atoms with E-state index < -0.39 is 5.82 Å². The first-order valence-corrected chi connectivity index (χ1v) is 9.51. The van der Waals surface area contributed by atoms with Crippen LogP contribution in [-0.2, 0) is 17.9 Å². The molecule has 2 aromatic carbocycles. The lowest BCUT2D eigenvalue weighted by molar-refractivity contribution is -0.130. The number of amides is 2. The maximum atomic E-state index is 13.1. The number of hydrogen-bond donors (Lipinski definition) is 1. The zero-order chi connectivity index (χ0) is 21.5. The molecule has 0 aliphatic carbocycles. The summed E-state index contributed by atoms with van der Waals surface area (Å²) >= 11 is 0. The fraction of sp³-hybridized carbons (Fsp3) is 0.174. The Morgan fingerprint density at radius 1 is 1.07 bits per heavy atom. The molecule has 0 bridgehead atoms. The number of nitrogens with zero attached hydrogens (tertiary/aromatic N) is 3. The van der Waals surface area contributed by atoms with Gasteiger partial charge in [0.05, 0.1) is 17.6 Å². The van der Waals surface area contributed by atoms with Crippen molar-refractivity contribution < 1.29 is 14.0 Å². The summed E-state index contributed by atoms with van der Waals surface area (Å²) in [6.45, 7) is 8.41. The van der Waals surface area contributed by atoms with Gasteiger partial charge in [-0.1, -0.05) is 24.3 Å². The minimum Gasteiger partial charge on any atom is -0.345 e. The van der Waals surface area contributed by atoms with Gasteiger partial charge in [0.25, 0.3) is 5.91 Å². The van der Waals surface area contributed by atoms with E-state index in [2.05, 4.69) is 23.5 Å². The molecule has 0 atom stereocenters. The molecule has 0 saturated heterocycles. The van der Waals surface area contributed by atoms with Crippen molar-refractivity contribution in [2.45, 2.75) is 13.1 Å². The van der Waals surface area contributed by atoms with Gasteiger partial charge in [-0.3, -0.25) is 9.59 Å². The maximum Gasteiger partial charge on any atom is 0.251 e. The molecule has 154 valence electrons. The molecule has 2 amide bonds. The lowest BCUT2D eigenvalue weighted by Crippen LogP contribution is -2.35. The molecule has 0 saturated carbocycles. The average molecular weight is 406 g/mol. The van der Waals surface area contributed by atoms with Gasteiger partial charge >= 0.3 is 0 Å². The lowest BCUT2D eigenvalue weighted by atomic mass is 10.2. The first-order valence-electron chi connectivity index (χ1n) is 9.51. The molecule has 0 spiro atoms. The van der Waals surface area contributed by atoms with Crippen LogP contribution in [0.2, 0.25) is 0 Å². The van der Waals surface area contributed by atoms with Crippen LogP contribution in [0.4, 0.5) is 4.39 Å². The zero-order valence-corrected chi connectivity index (χ0v) is 16.6. The van der Waals surface area contributed by atoms with Crippen LogP contribution in [0.1, 0.15) is 16.2 Å². The first-order chi connectivity index (χ1) is 14.5. The second-order valence-electron chi connectivity index (χ2n) is 6.67. The van der Waals surface area contributed by atoms with Crippen LogP contribution in [0.25, 0.3) is 11.0 Å². The lowest BCUT2D eigenvalue weighted by Gasteiger charge is -2.20. The second-order valence-corrected chi connectivity index (χ2v) is 6.67. The van der Waals surface area contributed by atoms with Crippen LogP contribution < -0.4 is 5.32 Å². The van der Waals surface area contributed by atoms with Crippen molar-refractivity contribution in [3.05, 3.63) is 91.0 Å². The molecule has 3 rings (SSSR count). The summed E-state index contributed by atoms with van der Waals surface area (Å²) in [6, 6.07) is 12.8. The van der Waals surface area contributed by atoms with E-state index in [0.29, 0.717) is 24.5 Å². The summed E-state index contributed by atoms with van der Waals surface area (Å²) in [7, 11) is 0. The van der Waals surface area contributed by atoms with Crippen LogP contribution in [-0.4, -0.2) is 39.4 Å². The molecular weight excluding hydrogens is 383 g/mol. The predicted octanol–water partition coefficient (Wildman–Crippen LogP) is 3.31. The number of imidazole rings is 1. The molecule has 7 heteroatoms. The Morgan fingerprint density at radius 2 is 1.73 bits per heavy atom. The summed E-state index contributed by atoms with van der Waals surface area (Å²) in [5, 5.41) is 2.79. The third kappa shape index (κ3) is 4.81. The Hall–Kier alpha value is -3.74. The Kier molecular flexibility index (Phi) is 6.75. The van der Waals surface area contributed by atoms with E-state index in [1.165, 1.54) is 24.3 Å². The fourth-order valence-electron chi connectivity index (χ4n) is 3.12. The number of carbonyl (C=O) groups excluding carboxylic acids is 2. The summed E-state index contributed by atoms with van der Waals surface area (Å²) < 4.78 is 14.9. The molecule has 0 radical (unpaired) electrons. The minimum absolute atomic E-state index is 0.0734. The van der Waals surface area contributed by atoms with Crippen molar-refractivity contribution in [3.8, 4) is 0 Å². The van der Waals surface area contributed by atoms with Gasteiger partial charge in [-0.25, -0.2) is 9.37 Å². The minimum atomic E-state index is -0.407. The van der Waals surface area contributed by atoms with Gasteiger partial charge in [-0.15, -0.1) is 13.2 Å². The van der Waals surface area contributed by atoms with Crippen LogP contribution in [0.15, 0.2) is 73.8 Å². The largest absolute Gasteiger partial charge is 0.345 e. The molecule has 0 unspecified atom stereocenters. The number of nitrogens with one attached hydrogen (secondary N) is 1. The van der Waals surface area contributed by atoms with Crippen LogP contribution in [0, 0.1) is 5.82 Å². The van der Waals surface area contributed by atoms with Gasteiger partial charge in [0.15, 0.2) is 0 Å². The summed E-state index contributed by atoms with van der Waals surface area (Å²) in [4.78, 5) is 31.4. The Bertz CT molecular complexity index is 1060. The third-order valence-electron chi connectivity index (χ3n) is 4.59. The maximum absolute atomic E-state index is 13.1. The topological polar surface area (TPSA) is 67.2 Å². The average Bonchev–Trinajstić information content (AvgIpc) is 3.09. The summed E-state index contributed by atoms with van der Waals surface area (Å²) in [5.74, 6) is -0.309. The fourth-order valence-corrected chi connectivity index (χ4v) is 3.12. The van der Waals surface area contributed by atoms with Gasteiger partial charge < -0.3 is 14.8 Å². The van der Waals surface area contributed by atoms with Gasteiger partial charge in [0.1, 0.15) is 18.2 Å². The highest BCUT2D eigenvalue weighted by molar-refractivity contribution is 5.94. The number of para-hydroxylation sites is 2.